The number of benzene rings is 2. The number of nitriles is 1. The first kappa shape index (κ1) is 24.5. The lowest BCUT2D eigenvalue weighted by Crippen LogP contribution is -2.22. The van der Waals surface area contributed by atoms with Crippen LogP contribution >= 0.6 is 0 Å². The van der Waals surface area contributed by atoms with E-state index in [1.807, 2.05) is 24.3 Å². The zero-order valence-electron chi connectivity index (χ0n) is 20.3. The molecule has 1 fully saturated rings. The maximum absolute atomic E-state index is 14.8. The quantitative estimate of drug-likeness (QED) is 0.312. The summed E-state index contributed by atoms with van der Waals surface area (Å²) in [6.07, 6.45) is 4.37. The van der Waals surface area contributed by atoms with Crippen LogP contribution in [0.15, 0.2) is 54.9 Å². The minimum atomic E-state index is -0.753. The molecule has 192 valence electrons. The topological polar surface area (TPSA) is 153 Å². The molecule has 2 aromatic carbocycles. The van der Waals surface area contributed by atoms with Gasteiger partial charge in [-0.2, -0.15) is 10.4 Å². The molecule has 1 aliphatic rings. The number of rotatable bonds is 7. The summed E-state index contributed by atoms with van der Waals surface area (Å²) in [5.41, 5.74) is 7.14. The lowest BCUT2D eigenvalue weighted by atomic mass is 9.83. The van der Waals surface area contributed by atoms with Crippen LogP contribution in [0.2, 0.25) is 0 Å². The second kappa shape index (κ2) is 10.4. The maximum Gasteiger partial charge on any atom is 0.324 e. The Morgan fingerprint density at radius 3 is 2.55 bits per heavy atom. The van der Waals surface area contributed by atoms with Gasteiger partial charge < -0.3 is 20.5 Å². The van der Waals surface area contributed by atoms with Gasteiger partial charge in [-0.1, -0.05) is 6.42 Å². The molecule has 0 saturated heterocycles. The van der Waals surface area contributed by atoms with Gasteiger partial charge in [0.05, 0.1) is 24.2 Å². The van der Waals surface area contributed by atoms with Crippen molar-refractivity contribution in [2.75, 3.05) is 23.5 Å². The minimum absolute atomic E-state index is 0.0534. The second-order valence-electron chi connectivity index (χ2n) is 8.57. The number of hydrogen-bond donors (Lipinski definition) is 3. The fourth-order valence-corrected chi connectivity index (χ4v) is 3.92. The molecule has 2 aromatic heterocycles. The Morgan fingerprint density at radius 2 is 1.89 bits per heavy atom. The molecule has 2 heterocycles. The molecule has 0 atom stereocenters. The summed E-state index contributed by atoms with van der Waals surface area (Å²) in [5, 5.41) is 19.2. The normalized spacial score (nSPS) is 12.8. The molecule has 5 rings (SSSR count). The Morgan fingerprint density at radius 1 is 1.13 bits per heavy atom. The van der Waals surface area contributed by atoms with E-state index in [9.17, 15) is 14.4 Å². The van der Waals surface area contributed by atoms with Crippen LogP contribution in [-0.2, 0) is 0 Å². The van der Waals surface area contributed by atoms with Gasteiger partial charge in [0.25, 0.3) is 0 Å². The second-order valence-corrected chi connectivity index (χ2v) is 8.57. The monoisotopic (exact) mass is 514 g/mol. The third kappa shape index (κ3) is 5.03. The number of nitrogens with one attached hydrogen (secondary N) is 2. The first-order chi connectivity index (χ1) is 18.4. The van der Waals surface area contributed by atoms with Crippen LogP contribution in [0.4, 0.5) is 26.5 Å². The Balaban J connectivity index is 1.32. The summed E-state index contributed by atoms with van der Waals surface area (Å²) >= 11 is 0. The molecule has 1 aliphatic carbocycles. The van der Waals surface area contributed by atoms with Crippen molar-refractivity contribution in [3.8, 4) is 29.1 Å². The molecule has 4 aromatic rings. The molecule has 4 N–H and O–H groups in total. The number of carbonyl (C=O) groups is 1. The Kier molecular flexibility index (Phi) is 6.73. The molecule has 11 nitrogen and oxygen atoms in total. The molecule has 0 spiro atoms. The van der Waals surface area contributed by atoms with Crippen LogP contribution < -0.4 is 25.8 Å². The van der Waals surface area contributed by atoms with E-state index in [1.165, 1.54) is 12.1 Å². The summed E-state index contributed by atoms with van der Waals surface area (Å²) in [7, 11) is 1.59. The number of nitrogens with two attached hydrogens (primary N) is 1. The van der Waals surface area contributed by atoms with Gasteiger partial charge in [0, 0.05) is 18.1 Å². The number of hydrogen-bond acceptors (Lipinski definition) is 8. The average Bonchev–Trinajstić information content (AvgIpc) is 3.27. The average molecular weight is 515 g/mol. The number of carbonyl (C=O) groups excluding carboxylic acids is 1. The zero-order chi connectivity index (χ0) is 26.6. The van der Waals surface area contributed by atoms with Crippen molar-refractivity contribution in [1.82, 2.24) is 19.7 Å². The molecule has 1 saturated carbocycles. The number of nitrogen functional groups attached to an aromatic ring is 1. The van der Waals surface area contributed by atoms with Crippen LogP contribution in [0.1, 0.15) is 36.4 Å². The van der Waals surface area contributed by atoms with Gasteiger partial charge in [0.1, 0.15) is 41.3 Å². The summed E-state index contributed by atoms with van der Waals surface area (Å²) in [6.45, 7) is 0. The highest BCUT2D eigenvalue weighted by Crippen LogP contribution is 2.37. The number of amides is 2. The number of ether oxygens (including phenoxy) is 2. The molecule has 0 unspecified atom stereocenters. The van der Waals surface area contributed by atoms with Crippen LogP contribution in [0.3, 0.4) is 0 Å². The number of methoxy groups -OCH3 is 1. The Labute approximate surface area is 217 Å². The van der Waals surface area contributed by atoms with Gasteiger partial charge in [0.15, 0.2) is 5.56 Å². The van der Waals surface area contributed by atoms with Gasteiger partial charge in [-0.25, -0.2) is 23.8 Å². The maximum atomic E-state index is 14.8. The largest absolute Gasteiger partial charge is 0.497 e. The van der Waals surface area contributed by atoms with E-state index in [1.54, 1.807) is 23.9 Å². The van der Waals surface area contributed by atoms with Crippen molar-refractivity contribution < 1.29 is 18.7 Å². The minimum Gasteiger partial charge on any atom is -0.497 e. The van der Waals surface area contributed by atoms with E-state index in [2.05, 4.69) is 20.6 Å². The molecule has 12 heteroatoms. The third-order valence-corrected chi connectivity index (χ3v) is 6.17. The van der Waals surface area contributed by atoms with E-state index < -0.39 is 11.8 Å². The molecular formula is C26H23FN8O3. The van der Waals surface area contributed by atoms with Gasteiger partial charge >= 0.3 is 6.03 Å². The van der Waals surface area contributed by atoms with Crippen molar-refractivity contribution in [1.29, 1.82) is 5.26 Å². The number of anilines is 3. The van der Waals surface area contributed by atoms with E-state index in [0.29, 0.717) is 17.5 Å². The molecule has 0 bridgehead atoms. The van der Waals surface area contributed by atoms with Crippen molar-refractivity contribution in [2.45, 2.75) is 25.2 Å². The lowest BCUT2D eigenvalue weighted by Gasteiger charge is -2.22. The summed E-state index contributed by atoms with van der Waals surface area (Å²) in [6, 6.07) is 14.1. The number of nitrogens with zero attached hydrogens (tertiary/aromatic N) is 5. The fraction of sp³-hybridized carbons (Fsp3) is 0.192. The summed E-state index contributed by atoms with van der Waals surface area (Å²) in [4.78, 5) is 20.4. The van der Waals surface area contributed by atoms with Gasteiger partial charge in [-0.15, -0.1) is 0 Å². The highest BCUT2D eigenvalue weighted by molar-refractivity contribution is 5.99. The predicted molar refractivity (Wildman–Crippen MR) is 137 cm³/mol. The predicted octanol–water partition coefficient (Wildman–Crippen LogP) is 4.97. The fourth-order valence-electron chi connectivity index (χ4n) is 3.92. The molecule has 0 radical (unpaired) electrons. The number of urea groups is 1. The standard InChI is InChI=1S/C26H23FN8O3/c1-37-17-7-5-16(6-8-17)35-23(12-22(34-35)15-3-2-4-15)33-26(36)32-21-10-9-18(11-20(21)27)38-25-19(13-28)24(29)30-14-31-25/h5-12,14-15H,2-4H2,1H3,(H2,29,30,31)(H2,32,33,36). The first-order valence-electron chi connectivity index (χ1n) is 11.8. The van der Waals surface area contributed by atoms with Crippen molar-refractivity contribution in [3.05, 3.63) is 71.9 Å². The van der Waals surface area contributed by atoms with Crippen LogP contribution in [0.5, 0.6) is 17.4 Å². The van der Waals surface area contributed by atoms with Crippen molar-refractivity contribution in [3.63, 3.8) is 0 Å². The van der Waals surface area contributed by atoms with Gasteiger partial charge in [-0.3, -0.25) is 5.32 Å². The smallest absolute Gasteiger partial charge is 0.324 e. The van der Waals surface area contributed by atoms with Crippen molar-refractivity contribution in [2.24, 2.45) is 0 Å². The van der Waals surface area contributed by atoms with Gasteiger partial charge in [0.2, 0.25) is 5.88 Å². The molecule has 38 heavy (non-hydrogen) atoms. The van der Waals surface area contributed by atoms with Crippen LogP contribution in [0, 0.1) is 17.1 Å². The molecule has 2 amide bonds. The van der Waals surface area contributed by atoms with E-state index in [4.69, 9.17) is 20.3 Å². The summed E-state index contributed by atoms with van der Waals surface area (Å²) in [5.74, 6) is 0.634. The van der Waals surface area contributed by atoms with Crippen molar-refractivity contribution >= 4 is 23.4 Å². The summed E-state index contributed by atoms with van der Waals surface area (Å²) < 4.78 is 27.2. The molecular weight excluding hydrogens is 491 g/mol. The number of halogens is 1. The SMILES string of the molecule is COc1ccc(-n2nc(C3CCC3)cc2NC(=O)Nc2ccc(Oc3ncnc(N)c3C#N)cc2F)cc1. The van der Waals surface area contributed by atoms with E-state index in [-0.39, 0.29) is 28.7 Å². The Hall–Kier alpha value is -5.18. The third-order valence-electron chi connectivity index (χ3n) is 6.17. The van der Waals surface area contributed by atoms with Crippen LogP contribution in [-0.4, -0.2) is 32.9 Å². The number of aromatic nitrogens is 4. The van der Waals surface area contributed by atoms with E-state index >= 15 is 0 Å². The molecule has 0 aliphatic heterocycles. The first-order valence-corrected chi connectivity index (χ1v) is 11.8. The lowest BCUT2D eigenvalue weighted by molar-refractivity contribution is 0.262. The zero-order valence-corrected chi connectivity index (χ0v) is 20.3. The van der Waals surface area contributed by atoms with Crippen LogP contribution in [0.25, 0.3) is 5.69 Å². The highest BCUT2D eigenvalue weighted by Gasteiger charge is 2.24. The highest BCUT2D eigenvalue weighted by atomic mass is 19.1. The Bertz CT molecular complexity index is 1530. The van der Waals surface area contributed by atoms with Gasteiger partial charge in [-0.05, 0) is 49.2 Å². The van der Waals surface area contributed by atoms with E-state index in [0.717, 1.165) is 43.0 Å².